The summed E-state index contributed by atoms with van der Waals surface area (Å²) in [6, 6.07) is 23.4. The van der Waals surface area contributed by atoms with Gasteiger partial charge in [0.1, 0.15) is 0 Å². The summed E-state index contributed by atoms with van der Waals surface area (Å²) in [5, 5.41) is 17.2. The summed E-state index contributed by atoms with van der Waals surface area (Å²) < 4.78 is 0. The van der Waals surface area contributed by atoms with E-state index in [-0.39, 0.29) is 99.9 Å². The Morgan fingerprint density at radius 1 is 0.743 bits per heavy atom. The first-order valence-electron chi connectivity index (χ1n) is 9.86. The van der Waals surface area contributed by atoms with Crippen molar-refractivity contribution in [3.63, 3.8) is 0 Å². The molecule has 0 saturated heterocycles. The van der Waals surface area contributed by atoms with Crippen molar-refractivity contribution in [1.82, 2.24) is 4.98 Å². The van der Waals surface area contributed by atoms with Crippen LogP contribution in [0.5, 0.6) is 0 Å². The first-order chi connectivity index (χ1) is 15.6. The molecule has 0 radical (unpaired) electrons. The van der Waals surface area contributed by atoms with E-state index in [0.717, 1.165) is 22.4 Å². The Balaban J connectivity index is 0.00000204. The minimum Gasteiger partial charge on any atom is -0.545 e. The normalized spacial score (nSPS) is 9.51. The van der Waals surface area contributed by atoms with Crippen LogP contribution in [0.1, 0.15) is 20.7 Å². The monoisotopic (exact) mass is 490 g/mol. The number of nitrogens with one attached hydrogen (secondary N) is 2. The molecule has 4 rings (SSSR count). The first kappa shape index (κ1) is 31.6. The van der Waals surface area contributed by atoms with Crippen molar-refractivity contribution in [2.24, 2.45) is 0 Å². The van der Waals surface area contributed by atoms with Gasteiger partial charge in [0, 0.05) is 34.8 Å². The van der Waals surface area contributed by atoms with E-state index in [1.54, 1.807) is 24.4 Å². The quantitative estimate of drug-likeness (QED) is 0.209. The van der Waals surface area contributed by atoms with Gasteiger partial charge >= 0.3 is 88.7 Å². The fourth-order valence-electron chi connectivity index (χ4n) is 3.43. The van der Waals surface area contributed by atoms with E-state index in [2.05, 4.69) is 22.7 Å². The molecule has 0 saturated carbocycles. The van der Waals surface area contributed by atoms with Gasteiger partial charge in [0.2, 0.25) is 0 Å². The zero-order valence-corrected chi connectivity index (χ0v) is 26.0. The van der Waals surface area contributed by atoms with Crippen molar-refractivity contribution in [3.05, 3.63) is 109 Å². The minimum absolute atomic E-state index is 0. The van der Waals surface area contributed by atoms with E-state index in [0.29, 0.717) is 11.1 Å². The fourth-order valence-corrected chi connectivity index (χ4v) is 3.43. The van der Waals surface area contributed by atoms with Crippen LogP contribution in [-0.4, -0.2) is 16.9 Å². The molecule has 0 atom stereocenters. The minimum atomic E-state index is -1.38. The van der Waals surface area contributed by atoms with Crippen molar-refractivity contribution >= 4 is 23.3 Å². The number of carbonyl (C=O) groups excluding carboxylic acids is 2. The third-order valence-corrected chi connectivity index (χ3v) is 5.02. The Bertz CT molecular complexity index is 1300. The second-order valence-electron chi connectivity index (χ2n) is 7.05. The zero-order chi connectivity index (χ0) is 22.5. The van der Waals surface area contributed by atoms with Crippen LogP contribution in [0.15, 0.2) is 91.3 Å². The molecule has 0 bridgehead atoms. The Kier molecular flexibility index (Phi) is 13.5. The number of carboxylic acid groups (broad SMARTS) is 1. The number of aromatic carboxylic acids is 1. The van der Waals surface area contributed by atoms with Gasteiger partial charge in [-0.3, -0.25) is 16.8 Å². The Morgan fingerprint density at radius 3 is 2.11 bits per heavy atom. The second-order valence-corrected chi connectivity index (χ2v) is 7.05. The number of aromatic nitrogens is 1. The number of benzene rings is 3. The standard InChI is InChI=1S/C26H20N3O3.3Na/c1-27-23-10-6-5-9-21(23)18-11-12-22(26(31)32)24(14-18)29-25(30)20-13-19(15-28-16-20)17-7-3-2-4-8-17;;;/h2-16,27H,1H2,(H,29,30)(H,31,32);;;/q-1;3*+1/p-1. The maximum Gasteiger partial charge on any atom is 1.00 e. The van der Waals surface area contributed by atoms with Crippen LogP contribution < -0.4 is 104 Å². The van der Waals surface area contributed by atoms with Crippen LogP contribution in [-0.2, 0) is 0 Å². The Hall–Kier alpha value is -1.45. The number of carboxylic acids is 1. The first-order valence-corrected chi connectivity index (χ1v) is 9.86. The summed E-state index contributed by atoms with van der Waals surface area (Å²) >= 11 is 0. The molecule has 4 aromatic rings. The van der Waals surface area contributed by atoms with E-state index in [9.17, 15) is 14.7 Å². The summed E-state index contributed by atoms with van der Waals surface area (Å²) in [7, 11) is 3.70. The number of nitrogens with zero attached hydrogens (tertiary/aromatic N) is 1. The van der Waals surface area contributed by atoms with Gasteiger partial charge in [0.05, 0.1) is 17.2 Å². The van der Waals surface area contributed by atoms with Crippen molar-refractivity contribution in [2.75, 3.05) is 10.6 Å². The summed E-state index contributed by atoms with van der Waals surface area (Å²) in [5.41, 5.74) is 4.33. The number of rotatable bonds is 6. The summed E-state index contributed by atoms with van der Waals surface area (Å²) in [6.07, 6.45) is 3.11. The smallest absolute Gasteiger partial charge is 0.545 e. The largest absolute Gasteiger partial charge is 1.00 e. The molecule has 158 valence electrons. The van der Waals surface area contributed by atoms with Crippen molar-refractivity contribution in [1.29, 1.82) is 0 Å². The van der Waals surface area contributed by atoms with Gasteiger partial charge in [-0.25, -0.2) is 0 Å². The van der Waals surface area contributed by atoms with Crippen LogP contribution in [0.3, 0.4) is 0 Å². The SMILES string of the molecule is [CH2-]Nc1ccccc1-c1ccc(C(=O)[O-])c(NC(=O)c2cncc(-c3ccccc3)c2)c1.[Na+].[Na+].[Na+]. The molecule has 9 heteroatoms. The third-order valence-electron chi connectivity index (χ3n) is 5.02. The molecule has 6 nitrogen and oxygen atoms in total. The average molecular weight is 490 g/mol. The summed E-state index contributed by atoms with van der Waals surface area (Å²) in [4.78, 5) is 28.8. The number of anilines is 2. The number of carbonyl (C=O) groups is 2. The van der Waals surface area contributed by atoms with E-state index in [4.69, 9.17) is 0 Å². The molecule has 0 aliphatic heterocycles. The third kappa shape index (κ3) is 7.76. The summed E-state index contributed by atoms with van der Waals surface area (Å²) in [6.45, 7) is 0. The van der Waals surface area contributed by atoms with Crippen molar-refractivity contribution in [3.8, 4) is 22.3 Å². The number of hydrogen-bond donors (Lipinski definition) is 2. The Labute approximate surface area is 270 Å². The van der Waals surface area contributed by atoms with Gasteiger partial charge in [0.15, 0.2) is 0 Å². The maximum absolute atomic E-state index is 13.0. The zero-order valence-electron chi connectivity index (χ0n) is 20.0. The molecule has 2 N–H and O–H groups in total. The van der Waals surface area contributed by atoms with Crippen LogP contribution >= 0.6 is 0 Å². The number of amides is 1. The average Bonchev–Trinajstić information content (AvgIpc) is 2.84. The van der Waals surface area contributed by atoms with Crippen LogP contribution in [0.25, 0.3) is 22.3 Å². The van der Waals surface area contributed by atoms with Gasteiger partial charge in [0.25, 0.3) is 5.91 Å². The van der Waals surface area contributed by atoms with E-state index in [1.807, 2.05) is 54.6 Å². The van der Waals surface area contributed by atoms with Gasteiger partial charge in [-0.2, -0.15) is 0 Å². The van der Waals surface area contributed by atoms with Gasteiger partial charge in [-0.05, 0) is 29.3 Å². The Morgan fingerprint density at radius 2 is 1.43 bits per heavy atom. The van der Waals surface area contributed by atoms with E-state index >= 15 is 0 Å². The number of para-hydroxylation sites is 1. The van der Waals surface area contributed by atoms with Gasteiger partial charge in [-0.15, -0.1) is 0 Å². The van der Waals surface area contributed by atoms with Crippen LogP contribution in [0.4, 0.5) is 11.4 Å². The maximum atomic E-state index is 13.0. The summed E-state index contributed by atoms with van der Waals surface area (Å²) in [5.74, 6) is -1.86. The molecule has 0 aliphatic carbocycles. The molecule has 3 aromatic carbocycles. The second kappa shape index (κ2) is 15.0. The molecule has 0 fully saturated rings. The van der Waals surface area contributed by atoms with Crippen LogP contribution in [0, 0.1) is 7.05 Å². The molecular weight excluding hydrogens is 471 g/mol. The van der Waals surface area contributed by atoms with Crippen molar-refractivity contribution < 1.29 is 103 Å². The molecule has 0 spiro atoms. The molecule has 1 aromatic heterocycles. The fraction of sp³-hybridized carbons (Fsp3) is 0. The van der Waals surface area contributed by atoms with E-state index < -0.39 is 11.9 Å². The topological polar surface area (TPSA) is 94.1 Å². The predicted octanol–water partition coefficient (Wildman–Crippen LogP) is -4.75. The van der Waals surface area contributed by atoms with Gasteiger partial charge in [-0.1, -0.05) is 60.7 Å². The number of pyridine rings is 1. The molecule has 0 aliphatic rings. The molecular formula is C26H19N3Na3O3+. The molecule has 35 heavy (non-hydrogen) atoms. The van der Waals surface area contributed by atoms with Crippen LogP contribution in [0.2, 0.25) is 0 Å². The molecule has 1 amide bonds. The predicted molar refractivity (Wildman–Crippen MR) is 123 cm³/mol. The molecule has 1 heterocycles. The number of hydrogen-bond acceptors (Lipinski definition) is 5. The van der Waals surface area contributed by atoms with E-state index in [1.165, 1.54) is 12.3 Å². The van der Waals surface area contributed by atoms with Crippen molar-refractivity contribution in [2.45, 2.75) is 0 Å². The molecule has 0 unspecified atom stereocenters. The van der Waals surface area contributed by atoms with Gasteiger partial charge < -0.3 is 20.5 Å².